The zero-order chi connectivity index (χ0) is 19.3. The predicted octanol–water partition coefficient (Wildman–Crippen LogP) is 4.50. The Morgan fingerprint density at radius 1 is 1.15 bits per heavy atom. The van der Waals surface area contributed by atoms with E-state index in [9.17, 15) is 19.7 Å². The van der Waals surface area contributed by atoms with E-state index in [0.717, 1.165) is 0 Å². The van der Waals surface area contributed by atoms with Crippen LogP contribution in [0.5, 0.6) is 0 Å². The number of aldehydes is 1. The van der Waals surface area contributed by atoms with Crippen molar-refractivity contribution in [1.29, 1.82) is 0 Å². The fourth-order valence-corrected chi connectivity index (χ4v) is 2.13. The Morgan fingerprint density at radius 2 is 1.85 bits per heavy atom. The summed E-state index contributed by atoms with van der Waals surface area (Å²) in [5.41, 5.74) is 0.593. The lowest BCUT2D eigenvalue weighted by Gasteiger charge is -2.19. The second-order valence-electron chi connectivity index (χ2n) is 6.48. The highest BCUT2D eigenvalue weighted by atomic mass is 16.6. The Labute approximate surface area is 150 Å². The molecule has 8 heteroatoms. The van der Waals surface area contributed by atoms with Crippen molar-refractivity contribution in [2.24, 2.45) is 0 Å². The van der Waals surface area contributed by atoms with Gasteiger partial charge < -0.3 is 10.1 Å². The van der Waals surface area contributed by atoms with Crippen molar-refractivity contribution in [3.63, 3.8) is 0 Å². The molecule has 0 saturated carbocycles. The molecule has 0 radical (unpaired) electrons. The molecule has 2 aromatic carbocycles. The van der Waals surface area contributed by atoms with Crippen molar-refractivity contribution in [3.05, 3.63) is 58.1 Å². The third kappa shape index (κ3) is 5.30. The molecule has 0 aliphatic heterocycles. The molecule has 0 spiro atoms. The molecule has 26 heavy (non-hydrogen) atoms. The number of carbonyl (C=O) groups excluding carboxylic acids is 2. The van der Waals surface area contributed by atoms with Gasteiger partial charge in [-0.15, -0.1) is 0 Å². The van der Waals surface area contributed by atoms with Crippen LogP contribution in [-0.2, 0) is 4.74 Å². The van der Waals surface area contributed by atoms with E-state index in [1.165, 1.54) is 18.2 Å². The highest BCUT2D eigenvalue weighted by molar-refractivity contribution is 5.86. The average Bonchev–Trinajstić information content (AvgIpc) is 2.53. The van der Waals surface area contributed by atoms with Crippen molar-refractivity contribution in [2.75, 3.05) is 10.6 Å². The third-order valence-electron chi connectivity index (χ3n) is 3.14. The van der Waals surface area contributed by atoms with Gasteiger partial charge in [0.15, 0.2) is 0 Å². The Balaban J connectivity index is 2.20. The van der Waals surface area contributed by atoms with Gasteiger partial charge in [-0.25, -0.2) is 4.79 Å². The van der Waals surface area contributed by atoms with Crippen LogP contribution in [-0.4, -0.2) is 22.9 Å². The average molecular weight is 357 g/mol. The van der Waals surface area contributed by atoms with Crippen molar-refractivity contribution in [1.82, 2.24) is 0 Å². The maximum Gasteiger partial charge on any atom is 0.412 e. The molecule has 136 valence electrons. The first kappa shape index (κ1) is 18.9. The quantitative estimate of drug-likeness (QED) is 0.463. The van der Waals surface area contributed by atoms with Gasteiger partial charge >= 0.3 is 6.09 Å². The van der Waals surface area contributed by atoms with Gasteiger partial charge in [0.2, 0.25) is 0 Å². The minimum Gasteiger partial charge on any atom is -0.444 e. The predicted molar refractivity (Wildman–Crippen MR) is 98.1 cm³/mol. The Bertz CT molecular complexity index is 843. The van der Waals surface area contributed by atoms with E-state index in [1.54, 1.807) is 45.0 Å². The molecular formula is C18H19N3O5. The van der Waals surface area contributed by atoms with Crippen molar-refractivity contribution >= 4 is 35.1 Å². The summed E-state index contributed by atoms with van der Waals surface area (Å²) >= 11 is 0. The number of hydrogen-bond acceptors (Lipinski definition) is 6. The van der Waals surface area contributed by atoms with Gasteiger partial charge in [0.05, 0.1) is 4.92 Å². The molecule has 0 aliphatic carbocycles. The molecule has 0 fully saturated rings. The van der Waals surface area contributed by atoms with E-state index in [4.69, 9.17) is 4.74 Å². The molecule has 2 rings (SSSR count). The van der Waals surface area contributed by atoms with Crippen LogP contribution in [0.25, 0.3) is 0 Å². The van der Waals surface area contributed by atoms with E-state index in [-0.39, 0.29) is 16.9 Å². The highest BCUT2D eigenvalue weighted by Crippen LogP contribution is 2.29. The number of anilines is 3. The summed E-state index contributed by atoms with van der Waals surface area (Å²) in [7, 11) is 0. The maximum absolute atomic E-state index is 11.8. The number of carbonyl (C=O) groups is 2. The molecule has 0 heterocycles. The van der Waals surface area contributed by atoms with Crippen LogP contribution in [0.3, 0.4) is 0 Å². The van der Waals surface area contributed by atoms with Gasteiger partial charge in [-0.1, -0.05) is 6.07 Å². The van der Waals surface area contributed by atoms with E-state index in [2.05, 4.69) is 10.6 Å². The lowest BCUT2D eigenvalue weighted by Crippen LogP contribution is -2.27. The number of ether oxygens (including phenoxy) is 1. The first-order chi connectivity index (χ1) is 12.2. The molecule has 2 aromatic rings. The summed E-state index contributed by atoms with van der Waals surface area (Å²) in [5, 5.41) is 16.7. The van der Waals surface area contributed by atoms with Gasteiger partial charge in [0.1, 0.15) is 17.6 Å². The smallest absolute Gasteiger partial charge is 0.412 e. The zero-order valence-corrected chi connectivity index (χ0v) is 14.6. The Kier molecular flexibility index (Phi) is 5.56. The molecule has 0 aromatic heterocycles. The van der Waals surface area contributed by atoms with E-state index in [0.29, 0.717) is 17.7 Å². The molecule has 0 unspecified atom stereocenters. The molecule has 1 amide bonds. The number of nitrogens with zero attached hydrogens (tertiary/aromatic N) is 1. The van der Waals surface area contributed by atoms with Gasteiger partial charge in [-0.05, 0) is 51.1 Å². The number of nitro groups is 1. The third-order valence-corrected chi connectivity index (χ3v) is 3.14. The van der Waals surface area contributed by atoms with Gasteiger partial charge in [-0.2, -0.15) is 0 Å². The Morgan fingerprint density at radius 3 is 2.46 bits per heavy atom. The zero-order valence-electron chi connectivity index (χ0n) is 14.6. The van der Waals surface area contributed by atoms with Gasteiger partial charge in [-0.3, -0.25) is 20.2 Å². The molecule has 0 aliphatic rings. The fourth-order valence-electron chi connectivity index (χ4n) is 2.13. The maximum atomic E-state index is 11.8. The Hall–Kier alpha value is -3.42. The van der Waals surface area contributed by atoms with Crippen LogP contribution < -0.4 is 10.6 Å². The van der Waals surface area contributed by atoms with E-state index < -0.39 is 16.6 Å². The standard InChI is InChI=1S/C18H19N3O5/c1-18(2,3)26-17(23)20-14-6-4-5-13(10-14)19-15-8-7-12(11-22)9-16(15)21(24)25/h4-11,19H,1-3H3,(H,20,23). The second-order valence-corrected chi connectivity index (χ2v) is 6.48. The molecule has 0 atom stereocenters. The largest absolute Gasteiger partial charge is 0.444 e. The first-order valence-electron chi connectivity index (χ1n) is 7.78. The number of hydrogen-bond donors (Lipinski definition) is 2. The van der Waals surface area contributed by atoms with Crippen LogP contribution in [0.1, 0.15) is 31.1 Å². The van der Waals surface area contributed by atoms with Crippen molar-refractivity contribution in [2.45, 2.75) is 26.4 Å². The van der Waals surface area contributed by atoms with Crippen molar-refractivity contribution < 1.29 is 19.2 Å². The SMILES string of the molecule is CC(C)(C)OC(=O)Nc1cccc(Nc2ccc(C=O)cc2[N+](=O)[O-])c1. The first-order valence-corrected chi connectivity index (χ1v) is 7.78. The number of amides is 1. The van der Waals surface area contributed by atoms with Crippen LogP contribution in [0.2, 0.25) is 0 Å². The summed E-state index contributed by atoms with van der Waals surface area (Å²) in [4.78, 5) is 33.3. The summed E-state index contributed by atoms with van der Waals surface area (Å²) in [6.45, 7) is 5.27. The molecule has 8 nitrogen and oxygen atoms in total. The normalized spacial score (nSPS) is 10.7. The lowest BCUT2D eigenvalue weighted by molar-refractivity contribution is -0.383. The van der Waals surface area contributed by atoms with E-state index in [1.807, 2.05) is 0 Å². The number of nitro benzene ring substituents is 1. The number of benzene rings is 2. The summed E-state index contributed by atoms with van der Waals surface area (Å²) < 4.78 is 5.18. The molecule has 0 bridgehead atoms. The van der Waals surface area contributed by atoms with Gasteiger partial charge in [0, 0.05) is 23.0 Å². The summed E-state index contributed by atoms with van der Waals surface area (Å²) in [6.07, 6.45) is -0.0572. The topological polar surface area (TPSA) is 111 Å². The lowest BCUT2D eigenvalue weighted by atomic mass is 10.1. The second kappa shape index (κ2) is 7.64. The van der Waals surface area contributed by atoms with Crippen LogP contribution in [0, 0.1) is 10.1 Å². The van der Waals surface area contributed by atoms with Crippen molar-refractivity contribution in [3.8, 4) is 0 Å². The molecular weight excluding hydrogens is 338 g/mol. The number of nitrogens with one attached hydrogen (secondary N) is 2. The molecule has 2 N–H and O–H groups in total. The van der Waals surface area contributed by atoms with Crippen LogP contribution >= 0.6 is 0 Å². The minimum atomic E-state index is -0.624. The van der Waals surface area contributed by atoms with Crippen LogP contribution in [0.15, 0.2) is 42.5 Å². The summed E-state index contributed by atoms with van der Waals surface area (Å²) in [6, 6.07) is 10.8. The minimum absolute atomic E-state index is 0.211. The molecule has 0 saturated heterocycles. The fraction of sp³-hybridized carbons (Fsp3) is 0.222. The van der Waals surface area contributed by atoms with Crippen LogP contribution in [0.4, 0.5) is 27.5 Å². The number of rotatable bonds is 5. The highest BCUT2D eigenvalue weighted by Gasteiger charge is 2.17. The van der Waals surface area contributed by atoms with Gasteiger partial charge in [0.25, 0.3) is 5.69 Å². The monoisotopic (exact) mass is 357 g/mol. The summed E-state index contributed by atoms with van der Waals surface area (Å²) in [5.74, 6) is 0. The van der Waals surface area contributed by atoms with E-state index >= 15 is 0 Å².